The second kappa shape index (κ2) is 7.44. The van der Waals surface area contributed by atoms with E-state index in [1.54, 1.807) is 6.08 Å². The third-order valence-corrected chi connectivity index (χ3v) is 13.2. The highest BCUT2D eigenvalue weighted by atomic mass is 16.6. The fourth-order valence-electron chi connectivity index (χ4n) is 10.6. The van der Waals surface area contributed by atoms with Crippen LogP contribution in [0.25, 0.3) is 0 Å². The van der Waals surface area contributed by atoms with E-state index in [4.69, 9.17) is 4.74 Å². The molecule has 13 atom stereocenters. The molecule has 0 aromatic heterocycles. The number of epoxide rings is 1. The lowest BCUT2D eigenvalue weighted by molar-refractivity contribution is -0.188. The van der Waals surface area contributed by atoms with Gasteiger partial charge in [0.1, 0.15) is 6.10 Å². The second-order valence-corrected chi connectivity index (χ2v) is 14.5. The van der Waals surface area contributed by atoms with Crippen LogP contribution in [0.15, 0.2) is 11.6 Å². The number of allylic oxidation sites excluding steroid dienone is 1. The molecular formula is C30H46O6. The van der Waals surface area contributed by atoms with Crippen molar-refractivity contribution in [3.63, 3.8) is 0 Å². The standard InChI is InChI=1S/C30H46O6/c1-15(2)16(3)24-25(36-24)28(6,34)21-8-10-30(35)22-14-19(31)18-13-20(32)23(33)17-7-9-29(22,27(17,18)5)12-11-26(21,30)4/h14-18,20-21,23-25,32-35H,7-13H2,1-6H3/t16-,17+,18+,20-,21+,23+,24+,25-,26-,27+,28-,29+,30-/m1/s1. The zero-order chi connectivity index (χ0) is 26.2. The second-order valence-electron chi connectivity index (χ2n) is 14.5. The number of carbonyl (C=O) groups excluding carboxylic acids is 1. The number of rotatable bonds is 4. The Morgan fingerprint density at radius 1 is 1.08 bits per heavy atom. The van der Waals surface area contributed by atoms with E-state index in [-0.39, 0.29) is 41.2 Å². The van der Waals surface area contributed by atoms with E-state index in [1.807, 2.05) is 6.92 Å². The van der Waals surface area contributed by atoms with Gasteiger partial charge in [-0.05, 0) is 92.6 Å². The number of aliphatic hydroxyl groups is 4. The molecule has 5 fully saturated rings. The first kappa shape index (κ1) is 25.5. The Balaban J connectivity index is 1.39. The van der Waals surface area contributed by atoms with E-state index in [2.05, 4.69) is 34.6 Å². The quantitative estimate of drug-likeness (QED) is 0.439. The Labute approximate surface area is 215 Å². The van der Waals surface area contributed by atoms with Crippen LogP contribution >= 0.6 is 0 Å². The number of hydrogen-bond acceptors (Lipinski definition) is 6. The summed E-state index contributed by atoms with van der Waals surface area (Å²) in [5, 5.41) is 46.2. The summed E-state index contributed by atoms with van der Waals surface area (Å²) in [6.45, 7) is 12.7. The van der Waals surface area contributed by atoms with Gasteiger partial charge in [-0.25, -0.2) is 0 Å². The summed E-state index contributed by atoms with van der Waals surface area (Å²) in [6, 6.07) is 0. The zero-order valence-electron chi connectivity index (χ0n) is 22.8. The number of aliphatic hydroxyl groups excluding tert-OH is 2. The molecule has 6 rings (SSSR count). The molecule has 4 saturated carbocycles. The molecule has 5 aliphatic carbocycles. The van der Waals surface area contributed by atoms with Crippen LogP contribution in [0, 0.1) is 45.8 Å². The van der Waals surface area contributed by atoms with Crippen LogP contribution in [-0.4, -0.2) is 61.8 Å². The van der Waals surface area contributed by atoms with Gasteiger partial charge in [0.25, 0.3) is 0 Å². The topological polar surface area (TPSA) is 111 Å². The van der Waals surface area contributed by atoms with Crippen molar-refractivity contribution in [2.24, 2.45) is 45.8 Å². The summed E-state index contributed by atoms with van der Waals surface area (Å²) in [5.41, 5.74) is -2.76. The van der Waals surface area contributed by atoms with Gasteiger partial charge in [0.15, 0.2) is 5.78 Å². The van der Waals surface area contributed by atoms with Gasteiger partial charge in [0.05, 0.1) is 29.5 Å². The number of carbonyl (C=O) groups is 1. The summed E-state index contributed by atoms with van der Waals surface area (Å²) >= 11 is 0. The van der Waals surface area contributed by atoms with Crippen molar-refractivity contribution in [2.45, 2.75) is 122 Å². The SMILES string of the molecule is CC(C)[C@@H](C)[C@@H]1O[C@H]1[C@](C)(O)[C@H]1CC[C@@]2(O)C3=CC(=O)[C@@H]4C[C@@H](O)[C@@H](O)[C@@H]5CC[C@@]3(CC[C@]12C)[C@]45C. The van der Waals surface area contributed by atoms with Crippen molar-refractivity contribution in [3.05, 3.63) is 11.6 Å². The highest BCUT2D eigenvalue weighted by molar-refractivity contribution is 5.95. The molecule has 6 heteroatoms. The number of hydrogen-bond donors (Lipinski definition) is 4. The molecule has 0 amide bonds. The molecule has 1 aliphatic heterocycles. The molecule has 0 aromatic rings. The van der Waals surface area contributed by atoms with Gasteiger partial charge in [-0.3, -0.25) is 4.79 Å². The summed E-state index contributed by atoms with van der Waals surface area (Å²) in [7, 11) is 0. The molecule has 36 heavy (non-hydrogen) atoms. The minimum atomic E-state index is -1.17. The normalized spacial score (nSPS) is 55.9. The third kappa shape index (κ3) is 2.74. The Morgan fingerprint density at radius 3 is 2.44 bits per heavy atom. The predicted molar refractivity (Wildman–Crippen MR) is 135 cm³/mol. The molecule has 6 nitrogen and oxygen atoms in total. The van der Waals surface area contributed by atoms with E-state index in [0.29, 0.717) is 31.1 Å². The molecule has 0 aromatic carbocycles. The van der Waals surface area contributed by atoms with Crippen molar-refractivity contribution in [1.29, 1.82) is 0 Å². The van der Waals surface area contributed by atoms with Crippen LogP contribution in [0.5, 0.6) is 0 Å². The highest BCUT2D eigenvalue weighted by Crippen LogP contribution is 2.78. The van der Waals surface area contributed by atoms with E-state index < -0.39 is 34.2 Å². The molecule has 1 spiro atoms. The average Bonchev–Trinajstić information content (AvgIpc) is 3.48. The molecule has 6 aliphatic rings. The lowest BCUT2D eigenvalue weighted by atomic mass is 9.39. The molecule has 1 heterocycles. The highest BCUT2D eigenvalue weighted by Gasteiger charge is 2.77. The zero-order valence-corrected chi connectivity index (χ0v) is 22.8. The summed E-state index contributed by atoms with van der Waals surface area (Å²) in [4.78, 5) is 13.6. The van der Waals surface area contributed by atoms with Gasteiger partial charge in [0.2, 0.25) is 0 Å². The lowest BCUT2D eigenvalue weighted by Crippen LogP contribution is -2.66. The van der Waals surface area contributed by atoms with E-state index in [0.717, 1.165) is 31.3 Å². The molecular weight excluding hydrogens is 456 g/mol. The summed E-state index contributed by atoms with van der Waals surface area (Å²) < 4.78 is 6.10. The van der Waals surface area contributed by atoms with Crippen LogP contribution < -0.4 is 0 Å². The van der Waals surface area contributed by atoms with Crippen molar-refractivity contribution in [2.75, 3.05) is 0 Å². The molecule has 4 N–H and O–H groups in total. The van der Waals surface area contributed by atoms with E-state index in [9.17, 15) is 25.2 Å². The van der Waals surface area contributed by atoms with Crippen molar-refractivity contribution in [3.8, 4) is 0 Å². The maximum atomic E-state index is 13.6. The molecule has 0 unspecified atom stereocenters. The molecule has 1 saturated heterocycles. The fraction of sp³-hybridized carbons (Fsp3) is 0.900. The van der Waals surface area contributed by atoms with Gasteiger partial charge < -0.3 is 25.2 Å². The number of ether oxygens (including phenoxy) is 1. The minimum Gasteiger partial charge on any atom is -0.390 e. The van der Waals surface area contributed by atoms with Gasteiger partial charge >= 0.3 is 0 Å². The largest absolute Gasteiger partial charge is 0.390 e. The monoisotopic (exact) mass is 502 g/mol. The Morgan fingerprint density at radius 2 is 1.78 bits per heavy atom. The van der Waals surface area contributed by atoms with Gasteiger partial charge in [0, 0.05) is 16.7 Å². The van der Waals surface area contributed by atoms with Crippen LogP contribution in [-0.2, 0) is 9.53 Å². The van der Waals surface area contributed by atoms with Crippen molar-refractivity contribution < 1.29 is 30.0 Å². The van der Waals surface area contributed by atoms with Crippen LogP contribution in [0.3, 0.4) is 0 Å². The van der Waals surface area contributed by atoms with Crippen LogP contribution in [0.1, 0.15) is 86.5 Å². The fourth-order valence-corrected chi connectivity index (χ4v) is 10.6. The first-order chi connectivity index (χ1) is 16.7. The van der Waals surface area contributed by atoms with E-state index >= 15 is 0 Å². The number of fused-ring (bicyclic) bond motifs is 2. The maximum absolute atomic E-state index is 13.6. The first-order valence-electron chi connectivity index (χ1n) is 14.4. The molecule has 202 valence electrons. The van der Waals surface area contributed by atoms with Crippen LogP contribution in [0.2, 0.25) is 0 Å². The molecule has 0 bridgehead atoms. The lowest BCUT2D eigenvalue weighted by Gasteiger charge is -2.65. The Bertz CT molecular complexity index is 1000. The maximum Gasteiger partial charge on any atom is 0.159 e. The minimum absolute atomic E-state index is 0.00907. The predicted octanol–water partition coefficient (Wildman–Crippen LogP) is 3.39. The Hall–Kier alpha value is -0.790. The van der Waals surface area contributed by atoms with Crippen molar-refractivity contribution >= 4 is 5.78 Å². The first-order valence-corrected chi connectivity index (χ1v) is 14.4. The average molecular weight is 503 g/mol. The number of ketones is 1. The van der Waals surface area contributed by atoms with Crippen molar-refractivity contribution in [1.82, 2.24) is 0 Å². The summed E-state index contributed by atoms with van der Waals surface area (Å²) in [6.07, 6.45) is 4.54. The Kier molecular flexibility index (Phi) is 5.27. The van der Waals surface area contributed by atoms with Gasteiger partial charge in [-0.2, -0.15) is 0 Å². The molecule has 0 radical (unpaired) electrons. The summed E-state index contributed by atoms with van der Waals surface area (Å²) in [5.74, 6) is 0.199. The van der Waals surface area contributed by atoms with Gasteiger partial charge in [-0.15, -0.1) is 0 Å². The third-order valence-electron chi connectivity index (χ3n) is 13.2. The van der Waals surface area contributed by atoms with E-state index in [1.165, 1.54) is 0 Å². The van der Waals surface area contributed by atoms with Crippen LogP contribution in [0.4, 0.5) is 0 Å². The van der Waals surface area contributed by atoms with Gasteiger partial charge in [-0.1, -0.05) is 34.6 Å². The smallest absolute Gasteiger partial charge is 0.159 e.